The van der Waals surface area contributed by atoms with E-state index < -0.39 is 38.0 Å². The molecule has 33 heavy (non-hydrogen) atoms. The molecule has 11 heteroatoms. The highest BCUT2D eigenvalue weighted by atomic mass is 32.2. The van der Waals surface area contributed by atoms with E-state index in [4.69, 9.17) is 4.74 Å². The van der Waals surface area contributed by atoms with Gasteiger partial charge in [0.25, 0.3) is 0 Å². The summed E-state index contributed by atoms with van der Waals surface area (Å²) < 4.78 is 58.9. The Labute approximate surface area is 192 Å². The standard InChI is InChI=1S/C22H28F2N4O4S/c1-14-17(26-15-8-10-28(11-9-15)21(29)32-22(2,3)4)12-25-20(19(14)24)33(30,31)13-16-6-5-7-18(23)27-16/h5-7,12,15,26H,8-11,13H2,1-4H3. The van der Waals surface area contributed by atoms with Gasteiger partial charge in [-0.15, -0.1) is 0 Å². The number of halogens is 2. The maximum atomic E-state index is 15.0. The van der Waals surface area contributed by atoms with Crippen LogP contribution in [-0.4, -0.2) is 54.1 Å². The topological polar surface area (TPSA) is 101 Å². The second-order valence-corrected chi connectivity index (χ2v) is 10.9. The molecule has 180 valence electrons. The van der Waals surface area contributed by atoms with Gasteiger partial charge in [-0.05, 0) is 52.7 Å². The Balaban J connectivity index is 1.67. The monoisotopic (exact) mass is 482 g/mol. The number of likely N-dealkylation sites (tertiary alicyclic amines) is 1. The molecule has 8 nitrogen and oxygen atoms in total. The number of pyridine rings is 2. The molecule has 3 heterocycles. The van der Waals surface area contributed by atoms with Crippen LogP contribution in [-0.2, 0) is 20.3 Å². The molecule has 0 aliphatic carbocycles. The van der Waals surface area contributed by atoms with Crippen molar-refractivity contribution in [3.63, 3.8) is 0 Å². The number of rotatable bonds is 5. The first-order chi connectivity index (χ1) is 15.4. The molecule has 1 amide bonds. The number of piperidine rings is 1. The summed E-state index contributed by atoms with van der Waals surface area (Å²) in [4.78, 5) is 21.2. The zero-order chi connectivity index (χ0) is 24.4. The number of anilines is 1. The highest BCUT2D eigenvalue weighted by molar-refractivity contribution is 7.90. The van der Waals surface area contributed by atoms with Crippen LogP contribution < -0.4 is 5.32 Å². The maximum absolute atomic E-state index is 15.0. The predicted octanol–water partition coefficient (Wildman–Crippen LogP) is 3.85. The molecule has 1 aliphatic heterocycles. The van der Waals surface area contributed by atoms with Crippen LogP contribution in [0.1, 0.15) is 44.9 Å². The van der Waals surface area contributed by atoms with E-state index in [1.165, 1.54) is 25.3 Å². The Morgan fingerprint density at radius 3 is 2.52 bits per heavy atom. The van der Waals surface area contributed by atoms with Crippen LogP contribution in [0, 0.1) is 18.7 Å². The number of carbonyl (C=O) groups is 1. The van der Waals surface area contributed by atoms with Gasteiger partial charge in [-0.2, -0.15) is 4.39 Å². The van der Waals surface area contributed by atoms with E-state index in [0.29, 0.717) is 31.6 Å². The lowest BCUT2D eigenvalue weighted by Crippen LogP contribution is -2.44. The summed E-state index contributed by atoms with van der Waals surface area (Å²) in [5, 5.41) is 2.50. The van der Waals surface area contributed by atoms with E-state index in [-0.39, 0.29) is 23.4 Å². The molecule has 1 saturated heterocycles. The first-order valence-corrected chi connectivity index (χ1v) is 12.2. The smallest absolute Gasteiger partial charge is 0.410 e. The maximum Gasteiger partial charge on any atom is 0.410 e. The Morgan fingerprint density at radius 2 is 1.91 bits per heavy atom. The van der Waals surface area contributed by atoms with Gasteiger partial charge in [0, 0.05) is 24.7 Å². The average molecular weight is 483 g/mol. The normalized spacial score (nSPS) is 15.4. The number of amides is 1. The van der Waals surface area contributed by atoms with Crippen LogP contribution in [0.15, 0.2) is 29.4 Å². The van der Waals surface area contributed by atoms with E-state index >= 15 is 0 Å². The molecule has 0 unspecified atom stereocenters. The van der Waals surface area contributed by atoms with Crippen molar-refractivity contribution in [2.24, 2.45) is 0 Å². The molecular weight excluding hydrogens is 454 g/mol. The largest absolute Gasteiger partial charge is 0.444 e. The highest BCUT2D eigenvalue weighted by Crippen LogP contribution is 2.26. The zero-order valence-corrected chi connectivity index (χ0v) is 19.9. The summed E-state index contributed by atoms with van der Waals surface area (Å²) in [7, 11) is -4.17. The fourth-order valence-electron chi connectivity index (χ4n) is 3.46. The number of nitrogens with zero attached hydrogens (tertiary/aromatic N) is 3. The quantitative estimate of drug-likeness (QED) is 0.646. The molecule has 0 spiro atoms. The van der Waals surface area contributed by atoms with E-state index in [1.807, 2.05) is 20.8 Å². The number of aromatic nitrogens is 2. The van der Waals surface area contributed by atoms with Gasteiger partial charge in [0.1, 0.15) is 5.60 Å². The van der Waals surface area contributed by atoms with Crippen LogP contribution in [0.3, 0.4) is 0 Å². The van der Waals surface area contributed by atoms with Crippen molar-refractivity contribution < 1.29 is 26.7 Å². The summed E-state index contributed by atoms with van der Waals surface area (Å²) in [5.74, 6) is -2.43. The lowest BCUT2D eigenvalue weighted by Gasteiger charge is -2.34. The van der Waals surface area contributed by atoms with Crippen molar-refractivity contribution in [1.82, 2.24) is 14.9 Å². The summed E-state index contributed by atoms with van der Waals surface area (Å²) in [6, 6.07) is 3.74. The summed E-state index contributed by atoms with van der Waals surface area (Å²) >= 11 is 0. The van der Waals surface area contributed by atoms with Crippen molar-refractivity contribution in [2.45, 2.75) is 63.0 Å². The third-order valence-corrected chi connectivity index (χ3v) is 6.69. The molecule has 0 bridgehead atoms. The molecular formula is C22H28F2N4O4S. The molecule has 0 atom stereocenters. The van der Waals surface area contributed by atoms with Crippen molar-refractivity contribution in [3.05, 3.63) is 47.4 Å². The van der Waals surface area contributed by atoms with Crippen molar-refractivity contribution in [1.29, 1.82) is 0 Å². The predicted molar refractivity (Wildman–Crippen MR) is 118 cm³/mol. The summed E-state index contributed by atoms with van der Waals surface area (Å²) in [5.41, 5.74) is -0.108. The summed E-state index contributed by atoms with van der Waals surface area (Å²) in [6.07, 6.45) is 2.15. The Kier molecular flexibility index (Phi) is 7.20. The molecule has 2 aromatic rings. The number of nitrogens with one attached hydrogen (secondary N) is 1. The van der Waals surface area contributed by atoms with Gasteiger partial charge in [0.15, 0.2) is 10.8 Å². The molecule has 0 aromatic carbocycles. The molecule has 0 saturated carbocycles. The number of hydrogen-bond acceptors (Lipinski definition) is 7. The third kappa shape index (κ3) is 6.37. The second-order valence-electron chi connectivity index (χ2n) is 9.01. The second kappa shape index (κ2) is 9.58. The van der Waals surface area contributed by atoms with Crippen molar-refractivity contribution in [2.75, 3.05) is 18.4 Å². The molecule has 1 fully saturated rings. The molecule has 3 rings (SSSR count). The van der Waals surface area contributed by atoms with E-state index in [9.17, 15) is 22.0 Å². The van der Waals surface area contributed by atoms with Crippen LogP contribution >= 0.6 is 0 Å². The van der Waals surface area contributed by atoms with Crippen molar-refractivity contribution in [3.8, 4) is 0 Å². The van der Waals surface area contributed by atoms with E-state index in [1.54, 1.807) is 4.90 Å². The minimum absolute atomic E-state index is 0.0344. The summed E-state index contributed by atoms with van der Waals surface area (Å²) in [6.45, 7) is 7.85. The molecule has 0 radical (unpaired) electrons. The Morgan fingerprint density at radius 1 is 1.24 bits per heavy atom. The van der Waals surface area contributed by atoms with Crippen LogP contribution in [0.25, 0.3) is 0 Å². The van der Waals surface area contributed by atoms with Crippen LogP contribution in [0.5, 0.6) is 0 Å². The number of sulfone groups is 1. The van der Waals surface area contributed by atoms with Crippen molar-refractivity contribution >= 4 is 21.6 Å². The molecule has 1 aliphatic rings. The Bertz CT molecular complexity index is 1130. The SMILES string of the molecule is Cc1c(NC2CCN(C(=O)OC(C)(C)C)CC2)cnc(S(=O)(=O)Cc2cccc(F)n2)c1F. The first-order valence-electron chi connectivity index (χ1n) is 10.6. The molecule has 2 aromatic heterocycles. The Hall–Kier alpha value is -2.82. The van der Waals surface area contributed by atoms with Gasteiger partial charge in [-0.1, -0.05) is 6.07 Å². The molecule has 1 N–H and O–H groups in total. The van der Waals surface area contributed by atoms with Gasteiger partial charge >= 0.3 is 6.09 Å². The van der Waals surface area contributed by atoms with Gasteiger partial charge in [-0.3, -0.25) is 0 Å². The fraction of sp³-hybridized carbons (Fsp3) is 0.500. The van der Waals surface area contributed by atoms with Gasteiger partial charge in [-0.25, -0.2) is 27.6 Å². The zero-order valence-electron chi connectivity index (χ0n) is 19.1. The van der Waals surface area contributed by atoms with Gasteiger partial charge < -0.3 is 15.0 Å². The third-order valence-electron chi connectivity index (χ3n) is 5.14. The lowest BCUT2D eigenvalue weighted by atomic mass is 10.0. The first kappa shape index (κ1) is 24.8. The average Bonchev–Trinajstić information content (AvgIpc) is 2.70. The van der Waals surface area contributed by atoms with E-state index in [2.05, 4.69) is 15.3 Å². The minimum atomic E-state index is -4.17. The van der Waals surface area contributed by atoms with Crippen LogP contribution in [0.4, 0.5) is 19.3 Å². The van der Waals surface area contributed by atoms with E-state index in [0.717, 1.165) is 6.07 Å². The minimum Gasteiger partial charge on any atom is -0.444 e. The van der Waals surface area contributed by atoms with Gasteiger partial charge in [0.2, 0.25) is 15.8 Å². The van der Waals surface area contributed by atoms with Gasteiger partial charge in [0.05, 0.1) is 23.3 Å². The highest BCUT2D eigenvalue weighted by Gasteiger charge is 2.29. The van der Waals surface area contributed by atoms with Crippen LogP contribution in [0.2, 0.25) is 0 Å². The lowest BCUT2D eigenvalue weighted by molar-refractivity contribution is 0.0210. The number of hydrogen-bond donors (Lipinski definition) is 1. The fourth-order valence-corrected chi connectivity index (χ4v) is 4.79. The number of ether oxygens (including phenoxy) is 1. The number of carbonyl (C=O) groups excluding carboxylic acids is 1.